The lowest BCUT2D eigenvalue weighted by Crippen LogP contribution is -2.17. The summed E-state index contributed by atoms with van der Waals surface area (Å²) in [7, 11) is 1.53. The molecule has 0 saturated heterocycles. The number of benzene rings is 2. The van der Waals surface area contributed by atoms with Gasteiger partial charge in [-0.2, -0.15) is 0 Å². The van der Waals surface area contributed by atoms with Gasteiger partial charge in [0, 0.05) is 24.9 Å². The Hall–Kier alpha value is -3.06. The fourth-order valence-electron chi connectivity index (χ4n) is 2.52. The minimum Gasteiger partial charge on any atom is -0.494 e. The van der Waals surface area contributed by atoms with Crippen molar-refractivity contribution in [3.63, 3.8) is 0 Å². The summed E-state index contributed by atoms with van der Waals surface area (Å²) in [5.74, 6) is 0.683. The molecule has 2 rings (SSSR count). The molecule has 0 spiro atoms. The van der Waals surface area contributed by atoms with Gasteiger partial charge in [-0.25, -0.2) is 4.79 Å². The molecule has 0 saturated carbocycles. The van der Waals surface area contributed by atoms with E-state index >= 15 is 0 Å². The predicted molar refractivity (Wildman–Crippen MR) is 108 cm³/mol. The van der Waals surface area contributed by atoms with Gasteiger partial charge in [0.25, 0.3) is 0 Å². The van der Waals surface area contributed by atoms with E-state index in [4.69, 9.17) is 14.2 Å². The molecule has 2 N–H and O–H groups in total. The maximum Gasteiger partial charge on any atom is 0.411 e. The summed E-state index contributed by atoms with van der Waals surface area (Å²) in [6.45, 7) is 3.01. The summed E-state index contributed by atoms with van der Waals surface area (Å²) in [5, 5.41) is 5.45. The van der Waals surface area contributed by atoms with Gasteiger partial charge in [-0.3, -0.25) is 10.1 Å². The van der Waals surface area contributed by atoms with Crippen LogP contribution in [0.1, 0.15) is 18.9 Å². The van der Waals surface area contributed by atoms with Crippen LogP contribution >= 0.6 is 0 Å². The van der Waals surface area contributed by atoms with E-state index in [1.165, 1.54) is 7.11 Å². The van der Waals surface area contributed by atoms with Crippen LogP contribution in [0.5, 0.6) is 5.75 Å². The molecule has 0 unspecified atom stereocenters. The van der Waals surface area contributed by atoms with Gasteiger partial charge in [-0.1, -0.05) is 24.3 Å². The number of aryl methyl sites for hydroxylation is 1. The molecule has 0 aliphatic rings. The third kappa shape index (κ3) is 7.28. The fourth-order valence-corrected chi connectivity index (χ4v) is 2.52. The number of methoxy groups -OCH3 is 1. The molecule has 0 aliphatic carbocycles. The third-order valence-corrected chi connectivity index (χ3v) is 3.81. The third-order valence-electron chi connectivity index (χ3n) is 3.81. The summed E-state index contributed by atoms with van der Waals surface area (Å²) in [5.41, 5.74) is 2.12. The van der Waals surface area contributed by atoms with E-state index in [1.54, 1.807) is 24.3 Å². The lowest BCUT2D eigenvalue weighted by molar-refractivity contribution is -0.116. The summed E-state index contributed by atoms with van der Waals surface area (Å²) in [4.78, 5) is 24.0. The fraction of sp³-hybridized carbons (Fsp3) is 0.333. The highest BCUT2D eigenvalue weighted by Gasteiger charge is 2.08. The Morgan fingerprint density at radius 3 is 2.46 bits per heavy atom. The summed E-state index contributed by atoms with van der Waals surface area (Å²) >= 11 is 0. The average molecular weight is 386 g/mol. The molecule has 2 amide bonds. The first kappa shape index (κ1) is 21.2. The SMILES string of the molecule is CCOc1ccccc1CCC(=O)Nc1cccc(NC(=O)OCCOC)c1. The number of nitrogens with one attached hydrogen (secondary N) is 2. The van der Waals surface area contributed by atoms with E-state index in [0.29, 0.717) is 37.4 Å². The van der Waals surface area contributed by atoms with Crippen molar-refractivity contribution in [2.45, 2.75) is 19.8 Å². The van der Waals surface area contributed by atoms with Gasteiger partial charge in [0.05, 0.1) is 13.2 Å². The zero-order valence-corrected chi connectivity index (χ0v) is 16.2. The predicted octanol–water partition coefficient (Wildman–Crippen LogP) is 3.85. The van der Waals surface area contributed by atoms with Gasteiger partial charge in [0.15, 0.2) is 0 Å². The van der Waals surface area contributed by atoms with Crippen LogP contribution in [0.15, 0.2) is 48.5 Å². The van der Waals surface area contributed by atoms with Crippen molar-refractivity contribution < 1.29 is 23.8 Å². The van der Waals surface area contributed by atoms with Gasteiger partial charge in [-0.15, -0.1) is 0 Å². The van der Waals surface area contributed by atoms with Crippen LogP contribution in [0, 0.1) is 0 Å². The van der Waals surface area contributed by atoms with E-state index < -0.39 is 6.09 Å². The molecule has 7 heteroatoms. The molecule has 0 heterocycles. The Labute approximate surface area is 165 Å². The maximum atomic E-state index is 12.3. The zero-order chi connectivity index (χ0) is 20.2. The van der Waals surface area contributed by atoms with Gasteiger partial charge in [-0.05, 0) is 43.2 Å². The highest BCUT2D eigenvalue weighted by atomic mass is 16.6. The average Bonchev–Trinajstić information content (AvgIpc) is 2.68. The summed E-state index contributed by atoms with van der Waals surface area (Å²) < 4.78 is 15.4. The Bertz CT molecular complexity index is 779. The number of amides is 2. The smallest absolute Gasteiger partial charge is 0.411 e. The van der Waals surface area contributed by atoms with Crippen molar-refractivity contribution in [2.24, 2.45) is 0 Å². The molecule has 2 aromatic carbocycles. The molecule has 0 atom stereocenters. The first-order valence-corrected chi connectivity index (χ1v) is 9.15. The van der Waals surface area contributed by atoms with E-state index in [1.807, 2.05) is 31.2 Å². The van der Waals surface area contributed by atoms with Gasteiger partial charge in [0.2, 0.25) is 5.91 Å². The largest absolute Gasteiger partial charge is 0.494 e. The Kier molecular flexibility index (Phi) is 8.81. The zero-order valence-electron chi connectivity index (χ0n) is 16.2. The standard InChI is InChI=1S/C21H26N2O5/c1-3-27-19-10-5-4-7-16(19)11-12-20(24)22-17-8-6-9-18(15-17)23-21(25)28-14-13-26-2/h4-10,15H,3,11-14H2,1-2H3,(H,22,24)(H,23,25). The van der Waals surface area contributed by atoms with Gasteiger partial charge < -0.3 is 19.5 Å². The second kappa shape index (κ2) is 11.6. The number of para-hydroxylation sites is 1. The Balaban J connectivity index is 1.86. The van der Waals surface area contributed by atoms with Crippen LogP contribution in [0.3, 0.4) is 0 Å². The van der Waals surface area contributed by atoms with E-state index in [-0.39, 0.29) is 12.5 Å². The number of ether oxygens (including phenoxy) is 3. The van der Waals surface area contributed by atoms with Crippen LogP contribution in [0.25, 0.3) is 0 Å². The van der Waals surface area contributed by atoms with E-state index in [2.05, 4.69) is 10.6 Å². The lowest BCUT2D eigenvalue weighted by Gasteiger charge is -2.11. The number of hydrogen-bond donors (Lipinski definition) is 2. The molecule has 28 heavy (non-hydrogen) atoms. The monoisotopic (exact) mass is 386 g/mol. The number of carbonyl (C=O) groups excluding carboxylic acids is 2. The van der Waals surface area contributed by atoms with E-state index in [0.717, 1.165) is 11.3 Å². The van der Waals surface area contributed by atoms with Crippen molar-refractivity contribution in [1.29, 1.82) is 0 Å². The minimum atomic E-state index is -0.576. The first-order valence-electron chi connectivity index (χ1n) is 9.15. The molecule has 0 fully saturated rings. The molecule has 2 aromatic rings. The molecule has 0 aromatic heterocycles. The first-order chi connectivity index (χ1) is 13.6. The van der Waals surface area contributed by atoms with Gasteiger partial charge >= 0.3 is 6.09 Å². The molecular formula is C21H26N2O5. The molecule has 0 aliphatic heterocycles. The highest BCUT2D eigenvalue weighted by molar-refractivity contribution is 5.92. The second-order valence-electron chi connectivity index (χ2n) is 5.92. The minimum absolute atomic E-state index is 0.119. The number of anilines is 2. The van der Waals surface area contributed by atoms with E-state index in [9.17, 15) is 9.59 Å². The number of rotatable bonds is 10. The van der Waals surface area contributed by atoms with Crippen LogP contribution in [-0.4, -0.2) is 38.9 Å². The van der Waals surface area contributed by atoms with Crippen molar-refractivity contribution in [1.82, 2.24) is 0 Å². The van der Waals surface area contributed by atoms with Crippen molar-refractivity contribution in [3.05, 3.63) is 54.1 Å². The number of hydrogen-bond acceptors (Lipinski definition) is 5. The molecule has 150 valence electrons. The lowest BCUT2D eigenvalue weighted by atomic mass is 10.1. The Morgan fingerprint density at radius 1 is 0.964 bits per heavy atom. The van der Waals surface area contributed by atoms with Crippen LogP contribution in [0.2, 0.25) is 0 Å². The molecular weight excluding hydrogens is 360 g/mol. The summed E-state index contributed by atoms with van der Waals surface area (Å²) in [6.07, 6.45) is 0.320. The topological polar surface area (TPSA) is 85.9 Å². The Morgan fingerprint density at radius 2 is 1.71 bits per heavy atom. The second-order valence-corrected chi connectivity index (χ2v) is 5.92. The molecule has 0 bridgehead atoms. The van der Waals surface area contributed by atoms with Crippen molar-refractivity contribution >= 4 is 23.4 Å². The van der Waals surface area contributed by atoms with Crippen LogP contribution in [0.4, 0.5) is 16.2 Å². The van der Waals surface area contributed by atoms with Gasteiger partial charge in [0.1, 0.15) is 12.4 Å². The summed E-state index contributed by atoms with van der Waals surface area (Å²) in [6, 6.07) is 14.6. The van der Waals surface area contributed by atoms with Crippen molar-refractivity contribution in [2.75, 3.05) is 37.6 Å². The quantitative estimate of drug-likeness (QED) is 0.606. The number of carbonyl (C=O) groups is 2. The van der Waals surface area contributed by atoms with Crippen LogP contribution in [-0.2, 0) is 20.7 Å². The van der Waals surface area contributed by atoms with Crippen molar-refractivity contribution in [3.8, 4) is 5.75 Å². The maximum absolute atomic E-state index is 12.3. The highest BCUT2D eigenvalue weighted by Crippen LogP contribution is 2.20. The molecule has 7 nitrogen and oxygen atoms in total. The van der Waals surface area contributed by atoms with Crippen LogP contribution < -0.4 is 15.4 Å². The molecule has 0 radical (unpaired) electrons. The normalized spacial score (nSPS) is 10.2.